The van der Waals surface area contributed by atoms with Gasteiger partial charge in [-0.05, 0) is 38.1 Å². The molecule has 0 heterocycles. The molecule has 5 nitrogen and oxygen atoms in total. The Morgan fingerprint density at radius 1 is 1.16 bits per heavy atom. The molecule has 0 aromatic heterocycles. The van der Waals surface area contributed by atoms with E-state index in [2.05, 4.69) is 29.4 Å². The van der Waals surface area contributed by atoms with Crippen LogP contribution in [0.2, 0.25) is 0 Å². The molecule has 0 saturated carbocycles. The van der Waals surface area contributed by atoms with E-state index in [4.69, 9.17) is 0 Å². The number of carbonyl (C=O) groups excluding carboxylic acids is 2. The lowest BCUT2D eigenvalue weighted by atomic mass is 9.93. The first-order valence-electron chi connectivity index (χ1n) is 8.25. The van der Waals surface area contributed by atoms with Gasteiger partial charge in [-0.1, -0.05) is 13.8 Å². The average molecular weight is 355 g/mol. The topological polar surface area (TPSA) is 61.4 Å². The lowest BCUT2D eigenvalue weighted by Gasteiger charge is -2.28. The maximum Gasteiger partial charge on any atom is 0.254 e. The van der Waals surface area contributed by atoms with Crippen LogP contribution in [0.25, 0.3) is 0 Å². The van der Waals surface area contributed by atoms with Crippen molar-refractivity contribution in [1.82, 2.24) is 15.5 Å². The summed E-state index contributed by atoms with van der Waals surface area (Å²) in [4.78, 5) is 25.7. The first-order valence-corrected chi connectivity index (χ1v) is 8.25. The Hall–Kier alpha value is -2.02. The van der Waals surface area contributed by atoms with Crippen molar-refractivity contribution < 1.29 is 18.4 Å². The molecule has 1 aromatic rings. The summed E-state index contributed by atoms with van der Waals surface area (Å²) in [5.74, 6) is -2.35. The number of hydrogen-bond donors (Lipinski definition) is 2. The molecule has 0 aliphatic heterocycles. The predicted molar refractivity (Wildman–Crippen MR) is 93.3 cm³/mol. The quantitative estimate of drug-likeness (QED) is 0.668. The number of benzene rings is 1. The summed E-state index contributed by atoms with van der Waals surface area (Å²) in [7, 11) is 3.96. The number of halogens is 2. The lowest BCUT2D eigenvalue weighted by molar-refractivity contribution is -0.121. The van der Waals surface area contributed by atoms with Gasteiger partial charge in [0.15, 0.2) is 0 Å². The highest BCUT2D eigenvalue weighted by Gasteiger charge is 2.19. The van der Waals surface area contributed by atoms with Crippen LogP contribution in [-0.2, 0) is 4.79 Å². The van der Waals surface area contributed by atoms with E-state index in [0.29, 0.717) is 19.0 Å². The average Bonchev–Trinajstić information content (AvgIpc) is 2.48. The van der Waals surface area contributed by atoms with Crippen LogP contribution in [0.5, 0.6) is 0 Å². The summed E-state index contributed by atoms with van der Waals surface area (Å²) in [6.45, 7) is 5.81. The van der Waals surface area contributed by atoms with Crippen LogP contribution in [0.15, 0.2) is 18.2 Å². The van der Waals surface area contributed by atoms with Crippen molar-refractivity contribution in [2.75, 3.05) is 33.7 Å². The van der Waals surface area contributed by atoms with Crippen molar-refractivity contribution in [3.8, 4) is 0 Å². The highest BCUT2D eigenvalue weighted by molar-refractivity contribution is 5.94. The highest BCUT2D eigenvalue weighted by Crippen LogP contribution is 2.14. The molecule has 0 aliphatic rings. The van der Waals surface area contributed by atoms with Crippen LogP contribution in [0.1, 0.15) is 37.0 Å². The minimum atomic E-state index is -0.904. The molecule has 0 atom stereocenters. The molecule has 0 aliphatic carbocycles. The fourth-order valence-corrected chi connectivity index (χ4v) is 2.56. The van der Waals surface area contributed by atoms with Crippen molar-refractivity contribution in [1.29, 1.82) is 0 Å². The molecule has 140 valence electrons. The maximum atomic E-state index is 13.5. The van der Waals surface area contributed by atoms with E-state index >= 15 is 0 Å². The molecule has 0 spiro atoms. The summed E-state index contributed by atoms with van der Waals surface area (Å²) in [5, 5.41) is 5.41. The van der Waals surface area contributed by atoms with Gasteiger partial charge >= 0.3 is 0 Å². The van der Waals surface area contributed by atoms with Crippen LogP contribution in [-0.4, -0.2) is 50.4 Å². The molecule has 1 rings (SSSR count). The van der Waals surface area contributed by atoms with Crippen molar-refractivity contribution >= 4 is 11.8 Å². The van der Waals surface area contributed by atoms with E-state index in [0.717, 1.165) is 18.7 Å². The Labute approximate surface area is 147 Å². The zero-order chi connectivity index (χ0) is 19.0. The molecule has 0 radical (unpaired) electrons. The normalized spacial score (nSPS) is 11.5. The summed E-state index contributed by atoms with van der Waals surface area (Å²) in [6, 6.07) is 2.79. The second kappa shape index (κ2) is 9.46. The second-order valence-electron chi connectivity index (χ2n) is 7.16. The SMILES string of the molecule is CN(C)CC(C)(C)CNC(=O)CCCNC(=O)c1ccc(F)cc1F. The third-order valence-electron chi connectivity index (χ3n) is 3.55. The van der Waals surface area contributed by atoms with Gasteiger partial charge in [-0.3, -0.25) is 9.59 Å². The van der Waals surface area contributed by atoms with Gasteiger partial charge in [0.1, 0.15) is 11.6 Å². The molecule has 0 fully saturated rings. The van der Waals surface area contributed by atoms with Gasteiger partial charge in [-0.15, -0.1) is 0 Å². The minimum absolute atomic E-state index is 0.0342. The van der Waals surface area contributed by atoms with Crippen molar-refractivity contribution in [2.24, 2.45) is 5.41 Å². The first-order chi connectivity index (χ1) is 11.6. The van der Waals surface area contributed by atoms with E-state index in [-0.39, 0.29) is 29.9 Å². The first kappa shape index (κ1) is 21.0. The van der Waals surface area contributed by atoms with Crippen LogP contribution in [0, 0.1) is 17.0 Å². The molecule has 2 amide bonds. The number of hydrogen-bond acceptors (Lipinski definition) is 3. The predicted octanol–water partition coefficient (Wildman–Crippen LogP) is 2.18. The van der Waals surface area contributed by atoms with Gasteiger partial charge in [-0.2, -0.15) is 0 Å². The van der Waals surface area contributed by atoms with Crippen LogP contribution in [0.4, 0.5) is 8.78 Å². The molecule has 1 aromatic carbocycles. The van der Waals surface area contributed by atoms with Crippen LogP contribution >= 0.6 is 0 Å². The van der Waals surface area contributed by atoms with Crippen LogP contribution < -0.4 is 10.6 Å². The van der Waals surface area contributed by atoms with Crippen molar-refractivity contribution in [2.45, 2.75) is 26.7 Å². The molecule has 0 saturated heterocycles. The monoisotopic (exact) mass is 355 g/mol. The smallest absolute Gasteiger partial charge is 0.254 e. The third kappa shape index (κ3) is 8.07. The maximum absolute atomic E-state index is 13.5. The molecule has 7 heteroatoms. The van der Waals surface area contributed by atoms with E-state index in [1.54, 1.807) is 0 Å². The third-order valence-corrected chi connectivity index (χ3v) is 3.55. The summed E-state index contributed by atoms with van der Waals surface area (Å²) in [5.41, 5.74) is -0.246. The molecule has 0 bridgehead atoms. The van der Waals surface area contributed by atoms with Gasteiger partial charge in [-0.25, -0.2) is 8.78 Å². The standard InChI is InChI=1S/C18H27F2N3O2/c1-18(2,12-23(3)4)11-22-16(24)6-5-9-21-17(25)14-8-7-13(19)10-15(14)20/h7-8,10H,5-6,9,11-12H2,1-4H3,(H,21,25)(H,22,24). The zero-order valence-electron chi connectivity index (χ0n) is 15.3. The zero-order valence-corrected chi connectivity index (χ0v) is 15.3. The molecule has 2 N–H and O–H groups in total. The van der Waals surface area contributed by atoms with Gasteiger partial charge < -0.3 is 15.5 Å². The number of nitrogens with one attached hydrogen (secondary N) is 2. The molecular weight excluding hydrogens is 328 g/mol. The Morgan fingerprint density at radius 2 is 1.84 bits per heavy atom. The Kier molecular flexibility index (Phi) is 7.96. The largest absolute Gasteiger partial charge is 0.356 e. The fraction of sp³-hybridized carbons (Fsp3) is 0.556. The molecule has 0 unspecified atom stereocenters. The number of nitrogens with zero attached hydrogens (tertiary/aromatic N) is 1. The van der Waals surface area contributed by atoms with E-state index in [9.17, 15) is 18.4 Å². The molecule has 25 heavy (non-hydrogen) atoms. The van der Waals surface area contributed by atoms with Crippen molar-refractivity contribution in [3.63, 3.8) is 0 Å². The number of amides is 2. The van der Waals surface area contributed by atoms with E-state index in [1.165, 1.54) is 0 Å². The van der Waals surface area contributed by atoms with Gasteiger partial charge in [0.25, 0.3) is 5.91 Å². The Morgan fingerprint density at radius 3 is 2.44 bits per heavy atom. The summed E-state index contributed by atoms with van der Waals surface area (Å²) in [6.07, 6.45) is 0.707. The Balaban J connectivity index is 2.28. The number of rotatable bonds is 9. The van der Waals surface area contributed by atoms with Crippen LogP contribution in [0.3, 0.4) is 0 Å². The Bertz CT molecular complexity index is 604. The van der Waals surface area contributed by atoms with Gasteiger partial charge in [0, 0.05) is 32.1 Å². The van der Waals surface area contributed by atoms with Crippen molar-refractivity contribution in [3.05, 3.63) is 35.4 Å². The highest BCUT2D eigenvalue weighted by atomic mass is 19.1. The number of carbonyl (C=O) groups is 2. The lowest BCUT2D eigenvalue weighted by Crippen LogP contribution is -2.40. The van der Waals surface area contributed by atoms with E-state index < -0.39 is 17.5 Å². The van der Waals surface area contributed by atoms with Gasteiger partial charge in [0.05, 0.1) is 5.56 Å². The molecular formula is C18H27F2N3O2. The summed E-state index contributed by atoms with van der Waals surface area (Å²) >= 11 is 0. The summed E-state index contributed by atoms with van der Waals surface area (Å²) < 4.78 is 26.3. The second-order valence-corrected chi connectivity index (χ2v) is 7.16. The fourth-order valence-electron chi connectivity index (χ4n) is 2.56. The van der Waals surface area contributed by atoms with E-state index in [1.807, 2.05) is 14.1 Å². The van der Waals surface area contributed by atoms with Gasteiger partial charge in [0.2, 0.25) is 5.91 Å². The minimum Gasteiger partial charge on any atom is -0.356 e.